The lowest BCUT2D eigenvalue weighted by Crippen LogP contribution is -2.57. The van der Waals surface area contributed by atoms with Gasteiger partial charge >= 0.3 is 12.0 Å². The van der Waals surface area contributed by atoms with E-state index >= 15 is 0 Å². The molecule has 2 aliphatic rings. The van der Waals surface area contributed by atoms with Gasteiger partial charge in [-0.05, 0) is 30.9 Å². The Morgan fingerprint density at radius 3 is 2.53 bits per heavy atom. The molecule has 0 aliphatic carbocycles. The van der Waals surface area contributed by atoms with Crippen molar-refractivity contribution < 1.29 is 24.3 Å². The molecule has 1 aromatic carbocycles. The van der Waals surface area contributed by atoms with Crippen LogP contribution in [0.4, 0.5) is 16.2 Å². The molecular weight excluding hydrogens is 388 g/mol. The predicted molar refractivity (Wildman–Crippen MR) is 111 cm³/mol. The Labute approximate surface area is 175 Å². The van der Waals surface area contributed by atoms with Crippen molar-refractivity contribution in [3.63, 3.8) is 0 Å². The standard InChI is InChI=1S/C21H28N4O5/c1-3-13(2)18(19(27)24-10-8-14(9-11-24)20(28)29)23-21(30)25-12-17(26)22-15-6-4-5-7-16(15)25/h4-7,13-14,18H,3,8-12H2,1-2H3,(H,22,26)(H,23,30)(H,28,29)/t13-,18+/m1/s1. The molecule has 30 heavy (non-hydrogen) atoms. The van der Waals surface area contributed by atoms with Gasteiger partial charge in [-0.25, -0.2) is 4.79 Å². The third-order valence-electron chi connectivity index (χ3n) is 5.93. The average Bonchev–Trinajstić information content (AvgIpc) is 2.75. The maximum atomic E-state index is 13.2. The van der Waals surface area contributed by atoms with E-state index in [4.69, 9.17) is 5.11 Å². The van der Waals surface area contributed by atoms with Crippen molar-refractivity contribution in [1.82, 2.24) is 10.2 Å². The number of nitrogens with one attached hydrogen (secondary N) is 2. The highest BCUT2D eigenvalue weighted by Crippen LogP contribution is 2.29. The van der Waals surface area contributed by atoms with Gasteiger partial charge in [-0.15, -0.1) is 0 Å². The van der Waals surface area contributed by atoms with Crippen molar-refractivity contribution in [3.8, 4) is 0 Å². The summed E-state index contributed by atoms with van der Waals surface area (Å²) >= 11 is 0. The summed E-state index contributed by atoms with van der Waals surface area (Å²) in [5.74, 6) is -1.90. The normalized spacial score (nSPS) is 18.8. The molecule has 4 amide bonds. The quantitative estimate of drug-likeness (QED) is 0.677. The number of benzene rings is 1. The highest BCUT2D eigenvalue weighted by Gasteiger charge is 2.36. The number of carboxylic acid groups (broad SMARTS) is 1. The van der Waals surface area contributed by atoms with E-state index in [1.807, 2.05) is 13.8 Å². The molecule has 9 heteroatoms. The molecule has 1 fully saturated rings. The molecule has 0 unspecified atom stereocenters. The lowest BCUT2D eigenvalue weighted by molar-refractivity contribution is -0.146. The molecule has 1 aromatic rings. The Balaban J connectivity index is 1.74. The number of para-hydroxylation sites is 2. The summed E-state index contributed by atoms with van der Waals surface area (Å²) in [5.41, 5.74) is 1.12. The topological polar surface area (TPSA) is 119 Å². The van der Waals surface area contributed by atoms with Crippen molar-refractivity contribution in [2.75, 3.05) is 29.9 Å². The molecule has 3 N–H and O–H groups in total. The molecule has 0 bridgehead atoms. The first-order valence-corrected chi connectivity index (χ1v) is 10.3. The van der Waals surface area contributed by atoms with Crippen LogP contribution in [0.5, 0.6) is 0 Å². The SMILES string of the molecule is CC[C@@H](C)[C@H](NC(=O)N1CC(=O)Nc2ccccc21)C(=O)N1CCC(C(=O)O)CC1. The van der Waals surface area contributed by atoms with E-state index in [2.05, 4.69) is 10.6 Å². The van der Waals surface area contributed by atoms with Crippen LogP contribution in [0.25, 0.3) is 0 Å². The lowest BCUT2D eigenvalue weighted by atomic mass is 9.94. The second kappa shape index (κ2) is 9.15. The van der Waals surface area contributed by atoms with Crippen LogP contribution in [-0.4, -0.2) is 59.5 Å². The minimum Gasteiger partial charge on any atom is -0.481 e. The Morgan fingerprint density at radius 2 is 1.90 bits per heavy atom. The summed E-state index contributed by atoms with van der Waals surface area (Å²) in [6, 6.07) is 5.76. The maximum Gasteiger partial charge on any atom is 0.323 e. The molecule has 0 radical (unpaired) electrons. The van der Waals surface area contributed by atoms with Crippen molar-refractivity contribution in [3.05, 3.63) is 24.3 Å². The fraction of sp³-hybridized carbons (Fsp3) is 0.524. The zero-order valence-corrected chi connectivity index (χ0v) is 17.3. The van der Waals surface area contributed by atoms with Gasteiger partial charge in [0.2, 0.25) is 11.8 Å². The number of carboxylic acids is 1. The number of aliphatic carboxylic acids is 1. The molecule has 9 nitrogen and oxygen atoms in total. The molecule has 0 aromatic heterocycles. The number of fused-ring (bicyclic) bond motifs is 1. The van der Waals surface area contributed by atoms with E-state index in [-0.39, 0.29) is 24.3 Å². The number of carbonyl (C=O) groups is 4. The Kier molecular flexibility index (Phi) is 6.59. The van der Waals surface area contributed by atoms with Gasteiger partial charge in [-0.1, -0.05) is 32.4 Å². The van der Waals surface area contributed by atoms with E-state index in [1.54, 1.807) is 29.2 Å². The molecule has 0 spiro atoms. The van der Waals surface area contributed by atoms with Crippen LogP contribution >= 0.6 is 0 Å². The molecule has 2 aliphatic heterocycles. The number of hydrogen-bond donors (Lipinski definition) is 3. The summed E-state index contributed by atoms with van der Waals surface area (Å²) < 4.78 is 0. The summed E-state index contributed by atoms with van der Waals surface area (Å²) in [4.78, 5) is 52.4. The first kappa shape index (κ1) is 21.6. The molecular formula is C21H28N4O5. The van der Waals surface area contributed by atoms with Gasteiger partial charge in [0, 0.05) is 13.1 Å². The largest absolute Gasteiger partial charge is 0.481 e. The third-order valence-corrected chi connectivity index (χ3v) is 5.93. The molecule has 2 heterocycles. The van der Waals surface area contributed by atoms with Crippen LogP contribution in [0.1, 0.15) is 33.1 Å². The van der Waals surface area contributed by atoms with Crippen LogP contribution < -0.4 is 15.5 Å². The van der Waals surface area contributed by atoms with Crippen LogP contribution in [-0.2, 0) is 14.4 Å². The van der Waals surface area contributed by atoms with Gasteiger partial charge in [-0.2, -0.15) is 0 Å². The minimum atomic E-state index is -0.837. The summed E-state index contributed by atoms with van der Waals surface area (Å²) in [6.45, 7) is 4.41. The number of rotatable bonds is 5. The monoisotopic (exact) mass is 416 g/mol. The summed E-state index contributed by atoms with van der Waals surface area (Å²) in [7, 11) is 0. The van der Waals surface area contributed by atoms with E-state index in [0.29, 0.717) is 43.7 Å². The molecule has 162 valence electrons. The predicted octanol–water partition coefficient (Wildman–Crippen LogP) is 1.89. The highest BCUT2D eigenvalue weighted by atomic mass is 16.4. The van der Waals surface area contributed by atoms with Gasteiger partial charge in [0.25, 0.3) is 0 Å². The number of amides is 4. The Hall–Kier alpha value is -3.10. The van der Waals surface area contributed by atoms with Gasteiger partial charge in [-0.3, -0.25) is 19.3 Å². The summed E-state index contributed by atoms with van der Waals surface area (Å²) in [6.07, 6.45) is 1.49. The van der Waals surface area contributed by atoms with Gasteiger partial charge in [0.15, 0.2) is 0 Å². The number of nitrogens with zero attached hydrogens (tertiary/aromatic N) is 2. The first-order chi connectivity index (χ1) is 14.3. The fourth-order valence-corrected chi connectivity index (χ4v) is 3.85. The van der Waals surface area contributed by atoms with Crippen molar-refractivity contribution in [2.24, 2.45) is 11.8 Å². The van der Waals surface area contributed by atoms with Crippen LogP contribution in [0, 0.1) is 11.8 Å². The second-order valence-corrected chi connectivity index (χ2v) is 7.90. The van der Waals surface area contributed by atoms with E-state index in [9.17, 15) is 19.2 Å². The number of anilines is 2. The third kappa shape index (κ3) is 4.55. The zero-order chi connectivity index (χ0) is 21.8. The van der Waals surface area contributed by atoms with Gasteiger partial charge in [0.05, 0.1) is 17.3 Å². The minimum absolute atomic E-state index is 0.118. The smallest absolute Gasteiger partial charge is 0.323 e. The molecule has 2 atom stereocenters. The van der Waals surface area contributed by atoms with Gasteiger partial charge in [0.1, 0.15) is 12.6 Å². The van der Waals surface area contributed by atoms with Gasteiger partial charge < -0.3 is 20.6 Å². The Morgan fingerprint density at radius 1 is 1.23 bits per heavy atom. The zero-order valence-electron chi connectivity index (χ0n) is 17.3. The number of likely N-dealkylation sites (tertiary alicyclic amines) is 1. The molecule has 0 saturated carbocycles. The number of urea groups is 1. The van der Waals surface area contributed by atoms with Crippen molar-refractivity contribution >= 4 is 35.2 Å². The van der Waals surface area contributed by atoms with Crippen LogP contribution in [0.15, 0.2) is 24.3 Å². The highest BCUT2D eigenvalue weighted by molar-refractivity contribution is 6.10. The number of carbonyl (C=O) groups excluding carboxylic acids is 3. The van der Waals surface area contributed by atoms with Crippen LogP contribution in [0.2, 0.25) is 0 Å². The van der Waals surface area contributed by atoms with E-state index in [0.717, 1.165) is 0 Å². The van der Waals surface area contributed by atoms with E-state index in [1.165, 1.54) is 4.90 Å². The summed E-state index contributed by atoms with van der Waals surface area (Å²) in [5, 5.41) is 14.7. The first-order valence-electron chi connectivity index (χ1n) is 10.3. The maximum absolute atomic E-state index is 13.2. The molecule has 3 rings (SSSR count). The average molecular weight is 416 g/mol. The lowest BCUT2D eigenvalue weighted by Gasteiger charge is -2.36. The van der Waals surface area contributed by atoms with Crippen LogP contribution in [0.3, 0.4) is 0 Å². The van der Waals surface area contributed by atoms with Crippen molar-refractivity contribution in [2.45, 2.75) is 39.2 Å². The molecule has 1 saturated heterocycles. The second-order valence-electron chi connectivity index (χ2n) is 7.90. The van der Waals surface area contributed by atoms with Crippen molar-refractivity contribution in [1.29, 1.82) is 0 Å². The Bertz CT molecular complexity index is 834. The van der Waals surface area contributed by atoms with E-state index < -0.39 is 24.0 Å². The fourth-order valence-electron chi connectivity index (χ4n) is 3.85. The number of piperidine rings is 1. The number of hydrogen-bond acceptors (Lipinski definition) is 4.